The summed E-state index contributed by atoms with van der Waals surface area (Å²) in [6, 6.07) is 11.0. The van der Waals surface area contributed by atoms with Crippen LogP contribution >= 0.6 is 22.6 Å². The molecule has 6 heteroatoms. The molecule has 1 aromatic carbocycles. The largest absolute Gasteiger partial charge is 0.384 e. The first-order valence-electron chi connectivity index (χ1n) is 4.84. The van der Waals surface area contributed by atoms with Gasteiger partial charge in [0.15, 0.2) is 5.82 Å². The van der Waals surface area contributed by atoms with Crippen molar-refractivity contribution < 1.29 is 0 Å². The third-order valence-corrected chi connectivity index (χ3v) is 2.74. The van der Waals surface area contributed by atoms with Gasteiger partial charge in [-0.3, -0.25) is 0 Å². The number of anilines is 2. The minimum Gasteiger partial charge on any atom is -0.384 e. The van der Waals surface area contributed by atoms with E-state index in [9.17, 15) is 0 Å². The number of pyridine rings is 1. The Bertz CT molecular complexity index is 550. The third kappa shape index (κ3) is 3.13. The SMILES string of the molecule is Nc1ccc(N=Nc2ccc(I)cc2)c(N)n1. The maximum atomic E-state index is 5.66. The number of azo groups is 1. The van der Waals surface area contributed by atoms with Crippen molar-refractivity contribution in [1.82, 2.24) is 4.98 Å². The average Bonchev–Trinajstić information content (AvgIpc) is 2.30. The molecule has 2 aromatic rings. The highest BCUT2D eigenvalue weighted by Crippen LogP contribution is 2.23. The normalized spacial score (nSPS) is 10.9. The summed E-state index contributed by atoms with van der Waals surface area (Å²) in [4.78, 5) is 3.90. The predicted octanol–water partition coefficient (Wildman–Crippen LogP) is 3.27. The van der Waals surface area contributed by atoms with E-state index < -0.39 is 0 Å². The number of nitrogens with zero attached hydrogens (tertiary/aromatic N) is 3. The minimum atomic E-state index is 0.277. The fraction of sp³-hybridized carbons (Fsp3) is 0. The van der Waals surface area contributed by atoms with Crippen LogP contribution in [0.15, 0.2) is 46.6 Å². The quantitative estimate of drug-likeness (QED) is 0.650. The molecular weight excluding hydrogens is 329 g/mol. The van der Waals surface area contributed by atoms with Crippen molar-refractivity contribution in [2.75, 3.05) is 11.5 Å². The van der Waals surface area contributed by atoms with Crippen LogP contribution in [0.25, 0.3) is 0 Å². The highest BCUT2D eigenvalue weighted by molar-refractivity contribution is 14.1. The van der Waals surface area contributed by atoms with Crippen LogP contribution in [0.4, 0.5) is 23.0 Å². The van der Waals surface area contributed by atoms with Crippen LogP contribution in [0.1, 0.15) is 0 Å². The summed E-state index contributed by atoms with van der Waals surface area (Å²) in [5, 5.41) is 8.10. The molecule has 0 aliphatic rings. The van der Waals surface area contributed by atoms with E-state index in [4.69, 9.17) is 11.5 Å². The second kappa shape index (κ2) is 5.09. The molecule has 1 heterocycles. The van der Waals surface area contributed by atoms with Crippen molar-refractivity contribution in [3.05, 3.63) is 40.0 Å². The summed E-state index contributed by atoms with van der Waals surface area (Å²) in [7, 11) is 0. The number of hydrogen-bond donors (Lipinski definition) is 2. The van der Waals surface area contributed by atoms with Crippen LogP contribution in [0.5, 0.6) is 0 Å². The molecule has 0 atom stereocenters. The summed E-state index contributed by atoms with van der Waals surface area (Å²) in [5.41, 5.74) is 12.4. The standard InChI is InChI=1S/C11H10IN5/c12-7-1-3-8(4-2-7)16-17-9-5-6-10(13)15-11(9)14/h1-6H,(H4,13,14,15). The fourth-order valence-electron chi connectivity index (χ4n) is 1.19. The summed E-state index contributed by atoms with van der Waals surface area (Å²) in [5.74, 6) is 0.648. The van der Waals surface area contributed by atoms with Crippen LogP contribution in [0.2, 0.25) is 0 Å². The number of aromatic nitrogens is 1. The molecule has 0 bridgehead atoms. The van der Waals surface area contributed by atoms with Gasteiger partial charge in [0.1, 0.15) is 11.5 Å². The second-order valence-electron chi connectivity index (χ2n) is 3.32. The molecule has 0 saturated carbocycles. The van der Waals surface area contributed by atoms with Crippen LogP contribution in [-0.2, 0) is 0 Å². The molecule has 1 aromatic heterocycles. The molecule has 0 aliphatic heterocycles. The number of benzene rings is 1. The minimum absolute atomic E-state index is 0.277. The maximum Gasteiger partial charge on any atom is 0.153 e. The van der Waals surface area contributed by atoms with E-state index in [1.165, 1.54) is 0 Å². The highest BCUT2D eigenvalue weighted by atomic mass is 127. The summed E-state index contributed by atoms with van der Waals surface area (Å²) >= 11 is 2.23. The molecule has 0 saturated heterocycles. The molecule has 5 nitrogen and oxygen atoms in total. The van der Waals surface area contributed by atoms with Gasteiger partial charge in [0.25, 0.3) is 0 Å². The van der Waals surface area contributed by atoms with Crippen molar-refractivity contribution in [1.29, 1.82) is 0 Å². The van der Waals surface area contributed by atoms with Crippen molar-refractivity contribution in [3.8, 4) is 0 Å². The Labute approximate surface area is 112 Å². The lowest BCUT2D eigenvalue weighted by Gasteiger charge is -1.98. The number of hydrogen-bond acceptors (Lipinski definition) is 5. The first-order valence-corrected chi connectivity index (χ1v) is 5.92. The van der Waals surface area contributed by atoms with E-state index in [1.54, 1.807) is 12.1 Å². The van der Waals surface area contributed by atoms with Gasteiger partial charge in [-0.05, 0) is 59.0 Å². The smallest absolute Gasteiger partial charge is 0.153 e. The van der Waals surface area contributed by atoms with Gasteiger partial charge < -0.3 is 11.5 Å². The molecule has 0 fully saturated rings. The molecule has 17 heavy (non-hydrogen) atoms. The van der Waals surface area contributed by atoms with Crippen molar-refractivity contribution in [3.63, 3.8) is 0 Å². The molecular formula is C11H10IN5. The van der Waals surface area contributed by atoms with Crippen molar-refractivity contribution in [2.24, 2.45) is 10.2 Å². The molecule has 0 unspecified atom stereocenters. The van der Waals surface area contributed by atoms with Gasteiger partial charge in [0.2, 0.25) is 0 Å². The Morgan fingerprint density at radius 3 is 2.29 bits per heavy atom. The van der Waals surface area contributed by atoms with Gasteiger partial charge in [-0.1, -0.05) is 0 Å². The van der Waals surface area contributed by atoms with Gasteiger partial charge in [-0.25, -0.2) is 4.98 Å². The van der Waals surface area contributed by atoms with Crippen molar-refractivity contribution in [2.45, 2.75) is 0 Å². The summed E-state index contributed by atoms with van der Waals surface area (Å²) in [6.07, 6.45) is 0. The molecule has 2 rings (SSSR count). The van der Waals surface area contributed by atoms with E-state index in [-0.39, 0.29) is 5.82 Å². The monoisotopic (exact) mass is 339 g/mol. The topological polar surface area (TPSA) is 89.6 Å². The molecule has 0 radical (unpaired) electrons. The Morgan fingerprint density at radius 2 is 1.65 bits per heavy atom. The number of nitrogen functional groups attached to an aromatic ring is 2. The average molecular weight is 339 g/mol. The van der Waals surface area contributed by atoms with E-state index in [0.717, 1.165) is 9.26 Å². The molecule has 86 valence electrons. The van der Waals surface area contributed by atoms with E-state index in [2.05, 4.69) is 37.8 Å². The third-order valence-electron chi connectivity index (χ3n) is 2.02. The van der Waals surface area contributed by atoms with E-state index in [1.807, 2.05) is 24.3 Å². The van der Waals surface area contributed by atoms with Crippen LogP contribution in [-0.4, -0.2) is 4.98 Å². The van der Waals surface area contributed by atoms with Crippen LogP contribution in [0.3, 0.4) is 0 Å². The lowest BCUT2D eigenvalue weighted by molar-refractivity contribution is 1.21. The first-order chi connectivity index (χ1) is 8.15. The van der Waals surface area contributed by atoms with E-state index >= 15 is 0 Å². The lowest BCUT2D eigenvalue weighted by Crippen LogP contribution is -1.95. The van der Waals surface area contributed by atoms with Crippen LogP contribution in [0, 0.1) is 3.57 Å². The Kier molecular flexibility index (Phi) is 3.52. The zero-order chi connectivity index (χ0) is 12.3. The Balaban J connectivity index is 2.23. The summed E-state index contributed by atoms with van der Waals surface area (Å²) < 4.78 is 1.15. The second-order valence-corrected chi connectivity index (χ2v) is 4.56. The summed E-state index contributed by atoms with van der Waals surface area (Å²) in [6.45, 7) is 0. The van der Waals surface area contributed by atoms with Gasteiger partial charge in [0.05, 0.1) is 5.69 Å². The zero-order valence-electron chi connectivity index (χ0n) is 8.84. The van der Waals surface area contributed by atoms with Crippen LogP contribution < -0.4 is 11.5 Å². The van der Waals surface area contributed by atoms with Gasteiger partial charge in [-0.15, -0.1) is 5.11 Å². The van der Waals surface area contributed by atoms with Gasteiger partial charge in [0, 0.05) is 3.57 Å². The molecule has 4 N–H and O–H groups in total. The molecule has 0 spiro atoms. The van der Waals surface area contributed by atoms with Gasteiger partial charge in [-0.2, -0.15) is 5.11 Å². The zero-order valence-corrected chi connectivity index (χ0v) is 11.0. The van der Waals surface area contributed by atoms with Crippen molar-refractivity contribution >= 4 is 45.6 Å². The number of rotatable bonds is 2. The van der Waals surface area contributed by atoms with Gasteiger partial charge >= 0.3 is 0 Å². The maximum absolute atomic E-state index is 5.66. The number of nitrogens with two attached hydrogens (primary N) is 2. The predicted molar refractivity (Wildman–Crippen MR) is 76.4 cm³/mol. The fourth-order valence-corrected chi connectivity index (χ4v) is 1.55. The van der Waals surface area contributed by atoms with E-state index in [0.29, 0.717) is 11.5 Å². The Hall–Kier alpha value is -1.70. The first kappa shape index (κ1) is 11.8. The Morgan fingerprint density at radius 1 is 0.941 bits per heavy atom. The lowest BCUT2D eigenvalue weighted by atomic mass is 10.3. The molecule has 0 amide bonds. The molecule has 0 aliphatic carbocycles. The highest BCUT2D eigenvalue weighted by Gasteiger charge is 1.99. The number of halogens is 1.